The van der Waals surface area contributed by atoms with Gasteiger partial charge in [-0.15, -0.1) is 11.8 Å². The Hall–Kier alpha value is -7.74. The van der Waals surface area contributed by atoms with Gasteiger partial charge in [0.05, 0.1) is 25.3 Å². The molecule has 2 saturated heterocycles. The maximum Gasteiger partial charge on any atom is 0.305 e. The number of carbonyl (C=O) groups excluding carboxylic acids is 11. The van der Waals surface area contributed by atoms with E-state index in [-0.39, 0.29) is 119 Å². The van der Waals surface area contributed by atoms with Crippen molar-refractivity contribution in [3.05, 3.63) is 45.7 Å². The number of guanidine groups is 1. The number of nitrogens with two attached hydrogens (primary N) is 2. The van der Waals surface area contributed by atoms with Crippen LogP contribution in [0, 0.1) is 15.7 Å². The standard InChI is InChI=1S/C65H108N18O16S3/c1-8-31-99-32-30-70-57(91)49-37-101-102-38-50-62(96)77-44(19-15-26-71-63(66)67)56(90)72-35-53(86)76-47(34-55(88)89)60(94)79-48(61(95)78-46(59(93)80-49)33-43-16-10-9-11-17-43)36-100-39-54(87)75-45(58(92)81-50)18-12-13-25-68-51(84)20-14-21-52(85)69-27-22-42(23-28-73-64(4,5)40(2)82-97)24-29-74-65(6,7)41(3)83-98/h9-11,16-17,40-42,44-50,73-74H,8,12-15,18-39H2,1-7H3,(H,68,84)(H,69,85)(H,70,91)(H,72,90)(H,75,87)(H,76,86)(H,77,96)(H,78,95)(H,79,94)(H,80,93)(H,81,92)(H,88,89)(H4,66,67,71)/t40?,41?,42?,44-,45-,46-,47-,48-,49-,50-/m0/s1. The van der Waals surface area contributed by atoms with Crippen LogP contribution in [0.4, 0.5) is 0 Å². The number of benzene rings is 1. The number of hydrogen-bond donors (Lipinski definition) is 16. The van der Waals surface area contributed by atoms with Gasteiger partial charge in [-0.1, -0.05) is 69.2 Å². The van der Waals surface area contributed by atoms with Crippen LogP contribution in [-0.4, -0.2) is 230 Å². The molecule has 2 aliphatic heterocycles. The number of ether oxygens (including phenoxy) is 1. The van der Waals surface area contributed by atoms with Crippen molar-refractivity contribution in [2.75, 3.05) is 82.0 Å². The van der Waals surface area contributed by atoms with Crippen LogP contribution in [0.15, 0.2) is 45.7 Å². The lowest BCUT2D eigenvalue weighted by molar-refractivity contribution is -0.141. The Bertz CT molecular complexity index is 2900. The number of thioether (sulfide) groups is 1. The van der Waals surface area contributed by atoms with Gasteiger partial charge in [0.2, 0.25) is 65.0 Å². The predicted molar refractivity (Wildman–Crippen MR) is 391 cm³/mol. The molecule has 0 saturated carbocycles. The number of unbranched alkanes of at least 4 members (excludes halogenated alkanes) is 1. The number of carbonyl (C=O) groups is 12. The van der Waals surface area contributed by atoms with Gasteiger partial charge in [-0.3, -0.25) is 62.5 Å². The molecule has 2 unspecified atom stereocenters. The van der Waals surface area contributed by atoms with Gasteiger partial charge in [0.15, 0.2) is 5.96 Å². The zero-order valence-corrected chi connectivity index (χ0v) is 62.0. The van der Waals surface area contributed by atoms with Crippen LogP contribution in [0.1, 0.15) is 138 Å². The zero-order valence-electron chi connectivity index (χ0n) is 59.5. The van der Waals surface area contributed by atoms with E-state index in [2.05, 4.69) is 84.5 Å². The first kappa shape index (κ1) is 88.5. The molecule has 102 heavy (non-hydrogen) atoms. The Morgan fingerprint density at radius 2 is 1.16 bits per heavy atom. The van der Waals surface area contributed by atoms with E-state index in [0.29, 0.717) is 44.6 Å². The molecular weight excluding hydrogens is 1390 g/mol. The van der Waals surface area contributed by atoms with E-state index in [9.17, 15) is 72.5 Å². The minimum atomic E-state index is -1.87. The molecule has 0 spiro atoms. The van der Waals surface area contributed by atoms with Crippen molar-refractivity contribution in [2.24, 2.45) is 32.7 Å². The summed E-state index contributed by atoms with van der Waals surface area (Å²) in [5.41, 5.74) is 10.6. The second-order valence-electron chi connectivity index (χ2n) is 26.1. The molecule has 34 nitrogen and oxygen atoms in total. The minimum absolute atomic E-state index is 0.0135. The van der Waals surface area contributed by atoms with Gasteiger partial charge in [-0.25, -0.2) is 0 Å². The van der Waals surface area contributed by atoms with E-state index in [1.54, 1.807) is 44.2 Å². The summed E-state index contributed by atoms with van der Waals surface area (Å²) in [6.07, 6.45) is 2.38. The highest BCUT2D eigenvalue weighted by atomic mass is 33.1. The molecule has 18 N–H and O–H groups in total. The van der Waals surface area contributed by atoms with Crippen molar-refractivity contribution in [1.29, 1.82) is 0 Å². The number of rotatable bonds is 38. The van der Waals surface area contributed by atoms with E-state index in [1.807, 2.05) is 34.6 Å². The number of hydrogen-bond acceptors (Lipinski definition) is 23. The first-order valence-corrected chi connectivity index (χ1v) is 38.2. The lowest BCUT2D eigenvalue weighted by Crippen LogP contribution is -2.60. The maximum atomic E-state index is 14.6. The van der Waals surface area contributed by atoms with E-state index < -0.39 is 149 Å². The highest BCUT2D eigenvalue weighted by Gasteiger charge is 2.36. The molecule has 1 aromatic carbocycles. The number of nitroso groups, excluding NO2 is 2. The molecule has 2 aliphatic rings. The SMILES string of the molecule is CCCOCCNC(=O)[C@@H]1CSSC[C@@H]2NC(=O)[C@H](CCCCNC(=O)CCCC(=O)NCCC(CCNC(C)(C)C(C)N=O)CCNC(C)(C)C(C)N=O)NC(=O)CSC[C@H](NC(=O)[C@H](CC(=O)O)NC(=O)CNC(=O)[C@H](CCCN=C(N)N)NC2=O)C(=O)N[C@@H](Cc2ccccc2)C(=O)N1. The molecule has 37 heteroatoms. The lowest BCUT2D eigenvalue weighted by atomic mass is 9.92. The number of nitrogens with one attached hydrogen (secondary N) is 13. The molecule has 9 atom stereocenters. The molecule has 0 radical (unpaired) electrons. The summed E-state index contributed by atoms with van der Waals surface area (Å²) in [7, 11) is 2.02. The average Bonchev–Trinajstić information content (AvgIpc) is 0.944. The van der Waals surface area contributed by atoms with E-state index in [0.717, 1.165) is 46.2 Å². The van der Waals surface area contributed by atoms with E-state index in [1.165, 1.54) is 0 Å². The zero-order chi connectivity index (χ0) is 75.6. The van der Waals surface area contributed by atoms with Crippen molar-refractivity contribution in [2.45, 2.75) is 204 Å². The van der Waals surface area contributed by atoms with Crippen molar-refractivity contribution in [1.82, 2.24) is 69.1 Å². The summed E-state index contributed by atoms with van der Waals surface area (Å²) in [6, 6.07) is -3.00. The van der Waals surface area contributed by atoms with Crippen LogP contribution in [0.3, 0.4) is 0 Å². The number of nitrogens with zero attached hydrogens (tertiary/aromatic N) is 3. The first-order chi connectivity index (χ1) is 48.5. The number of amides is 11. The maximum absolute atomic E-state index is 14.6. The van der Waals surface area contributed by atoms with Gasteiger partial charge >= 0.3 is 5.97 Å². The van der Waals surface area contributed by atoms with Crippen LogP contribution < -0.4 is 80.6 Å². The van der Waals surface area contributed by atoms with Gasteiger partial charge in [0, 0.05) is 80.4 Å². The highest BCUT2D eigenvalue weighted by Crippen LogP contribution is 2.25. The quantitative estimate of drug-likeness (QED) is 0.0129. The largest absolute Gasteiger partial charge is 0.481 e. The van der Waals surface area contributed by atoms with Crippen LogP contribution in [0.25, 0.3) is 0 Å². The fourth-order valence-electron chi connectivity index (χ4n) is 10.2. The average molecular weight is 1490 g/mol. The molecular formula is C65H108N18O16S3. The normalized spacial score (nSPS) is 21.3. The lowest BCUT2D eigenvalue weighted by Gasteiger charge is -2.31. The van der Waals surface area contributed by atoms with E-state index in [4.69, 9.17) is 16.2 Å². The van der Waals surface area contributed by atoms with Crippen molar-refractivity contribution in [3.63, 3.8) is 0 Å². The third-order valence-corrected chi connectivity index (χ3v) is 20.5. The Kier molecular flexibility index (Phi) is 41.9. The molecule has 2 heterocycles. The molecule has 3 rings (SSSR count). The third kappa shape index (κ3) is 35.9. The highest BCUT2D eigenvalue weighted by molar-refractivity contribution is 8.76. The Morgan fingerprint density at radius 1 is 0.608 bits per heavy atom. The topological polar surface area (TPSA) is 514 Å². The molecule has 2 bridgehead atoms. The van der Waals surface area contributed by atoms with Crippen LogP contribution in [0.5, 0.6) is 0 Å². The van der Waals surface area contributed by atoms with Crippen molar-refractivity contribution < 1.29 is 67.4 Å². The van der Waals surface area contributed by atoms with Crippen LogP contribution in [0.2, 0.25) is 0 Å². The van der Waals surface area contributed by atoms with Gasteiger partial charge in [-0.2, -0.15) is 9.81 Å². The number of carboxylic acid groups (broad SMARTS) is 1. The first-order valence-electron chi connectivity index (χ1n) is 34.5. The second kappa shape index (κ2) is 48.3. The van der Waals surface area contributed by atoms with Gasteiger partial charge in [0.25, 0.3) is 0 Å². The third-order valence-electron chi connectivity index (χ3n) is 17.1. The molecule has 1 aromatic rings. The molecule has 11 amide bonds. The summed E-state index contributed by atoms with van der Waals surface area (Å²) in [6.45, 7) is 14.5. The predicted octanol–water partition coefficient (Wildman–Crippen LogP) is -0.643. The van der Waals surface area contributed by atoms with Gasteiger partial charge < -0.3 is 90.4 Å². The number of carboxylic acids is 1. The Labute approximate surface area is 608 Å². The Balaban J connectivity index is 1.94. The van der Waals surface area contributed by atoms with Crippen LogP contribution in [-0.2, 0) is 68.7 Å². The summed E-state index contributed by atoms with van der Waals surface area (Å²) >= 11 is 0.799. The molecule has 0 aliphatic carbocycles. The number of aliphatic imine (C=N–C) groups is 1. The van der Waals surface area contributed by atoms with Crippen LogP contribution >= 0.6 is 33.3 Å². The number of aliphatic carboxylic acids is 1. The smallest absolute Gasteiger partial charge is 0.305 e. The Morgan fingerprint density at radius 3 is 1.76 bits per heavy atom. The van der Waals surface area contributed by atoms with Gasteiger partial charge in [-0.05, 0) is 130 Å². The fourth-order valence-corrected chi connectivity index (χ4v) is 13.4. The number of fused-ring (bicyclic) bond motifs is 9. The van der Waals surface area contributed by atoms with Gasteiger partial charge in [0.1, 0.15) is 54.4 Å². The summed E-state index contributed by atoms with van der Waals surface area (Å²) in [5, 5.41) is 52.2. The summed E-state index contributed by atoms with van der Waals surface area (Å²) in [5.74, 6) is -11.7. The molecule has 572 valence electrons. The van der Waals surface area contributed by atoms with Crippen molar-refractivity contribution in [3.8, 4) is 0 Å². The van der Waals surface area contributed by atoms with E-state index >= 15 is 0 Å². The fraction of sp³-hybridized carbons (Fsp3) is 0.708. The summed E-state index contributed by atoms with van der Waals surface area (Å²) in [4.78, 5) is 193. The monoisotopic (exact) mass is 1490 g/mol. The molecule has 2 fully saturated rings. The minimum Gasteiger partial charge on any atom is -0.481 e. The van der Waals surface area contributed by atoms with Crippen molar-refractivity contribution >= 4 is 110 Å². The summed E-state index contributed by atoms with van der Waals surface area (Å²) < 4.78 is 5.55. The molecule has 0 aromatic heterocycles. The second-order valence-corrected chi connectivity index (χ2v) is 29.7.